The van der Waals surface area contributed by atoms with Crippen molar-refractivity contribution in [1.29, 1.82) is 0 Å². The number of hydrogen-bond acceptors (Lipinski definition) is 3. The van der Waals surface area contributed by atoms with Gasteiger partial charge in [-0.25, -0.2) is 4.79 Å². The molecule has 0 heterocycles. The number of anilines is 1. The Morgan fingerprint density at radius 2 is 1.69 bits per heavy atom. The minimum absolute atomic E-state index is 0.0787. The van der Waals surface area contributed by atoms with Gasteiger partial charge in [0, 0.05) is 35.8 Å². The summed E-state index contributed by atoms with van der Waals surface area (Å²) in [5.41, 5.74) is 0.832. The van der Waals surface area contributed by atoms with E-state index in [1.54, 1.807) is 24.3 Å². The van der Waals surface area contributed by atoms with E-state index in [-0.39, 0.29) is 36.4 Å². The first kappa shape index (κ1) is 21.5. The monoisotopic (exact) mass is 362 g/mol. The van der Waals surface area contributed by atoms with Gasteiger partial charge in [0.25, 0.3) is 5.91 Å². The van der Waals surface area contributed by atoms with Crippen LogP contribution < -0.4 is 21.3 Å². The quantitative estimate of drug-likeness (QED) is 0.572. The van der Waals surface area contributed by atoms with Gasteiger partial charge in [-0.2, -0.15) is 0 Å². The summed E-state index contributed by atoms with van der Waals surface area (Å²) in [4.78, 5) is 35.5. The molecule has 1 rings (SSSR count). The molecule has 1 aromatic rings. The van der Waals surface area contributed by atoms with Crippen LogP contribution in [0.2, 0.25) is 0 Å². The summed E-state index contributed by atoms with van der Waals surface area (Å²) in [5.74, 6) is -0.255. The maximum Gasteiger partial charge on any atom is 0.319 e. The average molecular weight is 362 g/mol. The predicted octanol–water partition coefficient (Wildman–Crippen LogP) is 2.64. The number of carbonyl (C=O) groups is 3. The van der Waals surface area contributed by atoms with Gasteiger partial charge >= 0.3 is 6.03 Å². The molecule has 0 atom stereocenters. The third-order valence-corrected chi connectivity index (χ3v) is 3.83. The fraction of sp³-hybridized carbons (Fsp3) is 0.526. The second kappa shape index (κ2) is 9.79. The normalized spacial score (nSPS) is 11.0. The van der Waals surface area contributed by atoms with Crippen molar-refractivity contribution in [3.63, 3.8) is 0 Å². The van der Waals surface area contributed by atoms with Crippen LogP contribution in [0, 0.1) is 0 Å². The van der Waals surface area contributed by atoms with Crippen molar-refractivity contribution < 1.29 is 14.4 Å². The Morgan fingerprint density at radius 1 is 1.08 bits per heavy atom. The largest absolute Gasteiger partial charge is 0.354 e. The first-order valence-electron chi connectivity index (χ1n) is 8.89. The van der Waals surface area contributed by atoms with Crippen LogP contribution in [0.1, 0.15) is 57.8 Å². The third kappa shape index (κ3) is 8.00. The van der Waals surface area contributed by atoms with E-state index in [1.807, 2.05) is 34.6 Å². The Kier molecular flexibility index (Phi) is 8.09. The van der Waals surface area contributed by atoms with Crippen LogP contribution in [0.5, 0.6) is 0 Å². The van der Waals surface area contributed by atoms with E-state index in [9.17, 15) is 14.4 Å². The highest BCUT2D eigenvalue weighted by atomic mass is 16.2. The number of amides is 4. The predicted molar refractivity (Wildman–Crippen MR) is 103 cm³/mol. The maximum absolute atomic E-state index is 12.2. The number of nitrogens with one attached hydrogen (secondary N) is 4. The summed E-state index contributed by atoms with van der Waals surface area (Å²) in [5, 5.41) is 11.0. The SMILES string of the molecule is CCC(C)(C)NC(=O)c1ccc(NC(=O)NCCC(=O)NC(C)C)cc1. The third-order valence-electron chi connectivity index (χ3n) is 3.83. The van der Waals surface area contributed by atoms with Crippen molar-refractivity contribution in [3.8, 4) is 0 Å². The maximum atomic E-state index is 12.2. The van der Waals surface area contributed by atoms with E-state index >= 15 is 0 Å². The first-order valence-corrected chi connectivity index (χ1v) is 8.89. The van der Waals surface area contributed by atoms with Gasteiger partial charge in [-0.1, -0.05) is 6.92 Å². The molecule has 0 aromatic heterocycles. The Bertz CT molecular complexity index is 624. The van der Waals surface area contributed by atoms with E-state index in [1.165, 1.54) is 0 Å². The van der Waals surface area contributed by atoms with Gasteiger partial charge in [0.2, 0.25) is 5.91 Å². The highest BCUT2D eigenvalue weighted by Crippen LogP contribution is 2.12. The van der Waals surface area contributed by atoms with Crippen LogP contribution in [0.15, 0.2) is 24.3 Å². The van der Waals surface area contributed by atoms with Crippen LogP contribution in [0.25, 0.3) is 0 Å². The van der Waals surface area contributed by atoms with Crippen LogP contribution in [-0.4, -0.2) is 36.0 Å². The second-order valence-electron chi connectivity index (χ2n) is 7.12. The van der Waals surface area contributed by atoms with Gasteiger partial charge in [-0.05, 0) is 58.4 Å². The molecule has 0 aliphatic rings. The van der Waals surface area contributed by atoms with E-state index in [2.05, 4.69) is 21.3 Å². The smallest absolute Gasteiger partial charge is 0.319 e. The molecule has 0 fully saturated rings. The summed E-state index contributed by atoms with van der Waals surface area (Å²) in [7, 11) is 0. The zero-order chi connectivity index (χ0) is 19.7. The van der Waals surface area contributed by atoms with Crippen molar-refractivity contribution >= 4 is 23.5 Å². The zero-order valence-electron chi connectivity index (χ0n) is 16.2. The van der Waals surface area contributed by atoms with Crippen molar-refractivity contribution in [2.24, 2.45) is 0 Å². The van der Waals surface area contributed by atoms with Crippen LogP contribution >= 0.6 is 0 Å². The molecule has 0 bridgehead atoms. The second-order valence-corrected chi connectivity index (χ2v) is 7.12. The Balaban J connectivity index is 2.45. The van der Waals surface area contributed by atoms with Crippen LogP contribution in [-0.2, 0) is 4.79 Å². The molecule has 0 spiro atoms. The molecule has 4 N–H and O–H groups in total. The molecule has 26 heavy (non-hydrogen) atoms. The number of hydrogen-bond donors (Lipinski definition) is 4. The summed E-state index contributed by atoms with van der Waals surface area (Å²) >= 11 is 0. The van der Waals surface area contributed by atoms with Gasteiger partial charge in [0.15, 0.2) is 0 Å². The molecule has 144 valence electrons. The Hall–Kier alpha value is -2.57. The van der Waals surface area contributed by atoms with Crippen LogP contribution in [0.4, 0.5) is 10.5 Å². The lowest BCUT2D eigenvalue weighted by Crippen LogP contribution is -2.42. The number of rotatable bonds is 8. The first-order chi connectivity index (χ1) is 12.1. The van der Waals surface area contributed by atoms with Gasteiger partial charge in [0.1, 0.15) is 0 Å². The minimum atomic E-state index is -0.397. The average Bonchev–Trinajstić information content (AvgIpc) is 2.54. The topological polar surface area (TPSA) is 99.3 Å². The standard InChI is InChI=1S/C19H30N4O3/c1-6-19(4,5)23-17(25)14-7-9-15(10-8-14)22-18(26)20-12-11-16(24)21-13(2)3/h7-10,13H,6,11-12H2,1-5H3,(H,21,24)(H,23,25)(H2,20,22,26). The molecule has 0 aliphatic heterocycles. The van der Waals surface area contributed by atoms with Gasteiger partial charge < -0.3 is 21.3 Å². The minimum Gasteiger partial charge on any atom is -0.354 e. The Labute approximate surface area is 155 Å². The van der Waals surface area contributed by atoms with Gasteiger partial charge in [-0.15, -0.1) is 0 Å². The lowest BCUT2D eigenvalue weighted by Gasteiger charge is -2.24. The summed E-state index contributed by atoms with van der Waals surface area (Å²) < 4.78 is 0. The van der Waals surface area contributed by atoms with Crippen molar-refractivity contribution in [3.05, 3.63) is 29.8 Å². The van der Waals surface area contributed by atoms with Crippen molar-refractivity contribution in [1.82, 2.24) is 16.0 Å². The fourth-order valence-corrected chi connectivity index (χ4v) is 2.03. The molecule has 7 nitrogen and oxygen atoms in total. The highest BCUT2D eigenvalue weighted by molar-refractivity contribution is 5.96. The molecule has 7 heteroatoms. The van der Waals surface area contributed by atoms with E-state index in [0.29, 0.717) is 11.3 Å². The molecule has 0 saturated heterocycles. The molecular formula is C19H30N4O3. The summed E-state index contributed by atoms with van der Waals surface area (Å²) in [6.45, 7) is 9.95. The lowest BCUT2D eigenvalue weighted by atomic mass is 10.0. The van der Waals surface area contributed by atoms with Gasteiger partial charge in [-0.3, -0.25) is 9.59 Å². The van der Waals surface area contributed by atoms with E-state index in [0.717, 1.165) is 6.42 Å². The Morgan fingerprint density at radius 3 is 2.23 bits per heavy atom. The molecule has 0 saturated carbocycles. The number of benzene rings is 1. The molecule has 0 aliphatic carbocycles. The fourth-order valence-electron chi connectivity index (χ4n) is 2.03. The summed E-state index contributed by atoms with van der Waals surface area (Å²) in [6, 6.07) is 6.33. The molecule has 0 radical (unpaired) electrons. The van der Waals surface area contributed by atoms with Crippen molar-refractivity contribution in [2.45, 2.75) is 59.0 Å². The zero-order valence-corrected chi connectivity index (χ0v) is 16.2. The highest BCUT2D eigenvalue weighted by Gasteiger charge is 2.18. The number of carbonyl (C=O) groups excluding carboxylic acids is 3. The van der Waals surface area contributed by atoms with E-state index < -0.39 is 6.03 Å². The van der Waals surface area contributed by atoms with Crippen molar-refractivity contribution in [2.75, 3.05) is 11.9 Å². The molecular weight excluding hydrogens is 332 g/mol. The number of urea groups is 1. The van der Waals surface area contributed by atoms with E-state index in [4.69, 9.17) is 0 Å². The van der Waals surface area contributed by atoms with Crippen LogP contribution in [0.3, 0.4) is 0 Å². The van der Waals surface area contributed by atoms with Gasteiger partial charge in [0.05, 0.1) is 0 Å². The lowest BCUT2D eigenvalue weighted by molar-refractivity contribution is -0.121. The molecule has 4 amide bonds. The molecule has 0 unspecified atom stereocenters. The molecule has 1 aromatic carbocycles. The summed E-state index contributed by atoms with van der Waals surface area (Å²) in [6.07, 6.45) is 1.05.